The smallest absolute Gasteiger partial charge is 0.200 e. The molecule has 1 fully saturated rings. The maximum atomic E-state index is 5.65. The largest absolute Gasteiger partial charge is 0.384 e. The highest BCUT2D eigenvalue weighted by Gasteiger charge is 2.31. The van der Waals surface area contributed by atoms with Crippen LogP contribution < -0.4 is 10.2 Å². The lowest BCUT2D eigenvalue weighted by molar-refractivity contribution is 0.0991. The summed E-state index contributed by atoms with van der Waals surface area (Å²) in [6.07, 6.45) is 14.7. The number of allylic oxidation sites excluding steroid dienone is 2. The molecule has 1 aromatic heterocycles. The molecule has 2 atom stereocenters. The van der Waals surface area contributed by atoms with Crippen molar-refractivity contribution in [3.05, 3.63) is 48.8 Å². The summed E-state index contributed by atoms with van der Waals surface area (Å²) in [5.74, 6) is 1.74. The molecular formula is C27H46N8O. The van der Waals surface area contributed by atoms with Crippen LogP contribution in [-0.2, 0) is 11.8 Å². The van der Waals surface area contributed by atoms with E-state index in [2.05, 4.69) is 75.1 Å². The maximum Gasteiger partial charge on any atom is 0.200 e. The van der Waals surface area contributed by atoms with Gasteiger partial charge in [0.05, 0.1) is 18.5 Å². The van der Waals surface area contributed by atoms with Crippen molar-refractivity contribution in [2.24, 2.45) is 22.4 Å². The molecule has 1 aliphatic rings. The van der Waals surface area contributed by atoms with Crippen molar-refractivity contribution in [3.63, 3.8) is 0 Å². The van der Waals surface area contributed by atoms with E-state index in [1.54, 1.807) is 18.8 Å². The molecular weight excluding hydrogens is 452 g/mol. The quantitative estimate of drug-likeness (QED) is 0.219. The van der Waals surface area contributed by atoms with Crippen LogP contribution in [0.25, 0.3) is 0 Å². The average Bonchev–Trinajstić information content (AvgIpc) is 3.51. The Morgan fingerprint density at radius 1 is 1.28 bits per heavy atom. The summed E-state index contributed by atoms with van der Waals surface area (Å²) in [5, 5.41) is 7.76. The van der Waals surface area contributed by atoms with Crippen molar-refractivity contribution in [2.75, 3.05) is 73.5 Å². The molecule has 0 radical (unpaired) electrons. The van der Waals surface area contributed by atoms with E-state index in [0.29, 0.717) is 19.2 Å². The minimum Gasteiger partial charge on any atom is -0.384 e. The Hall–Kier alpha value is -2.91. The average molecular weight is 499 g/mol. The molecule has 200 valence electrons. The number of hydrogen-bond donors (Lipinski definition) is 1. The van der Waals surface area contributed by atoms with Gasteiger partial charge >= 0.3 is 0 Å². The van der Waals surface area contributed by atoms with Gasteiger partial charge < -0.3 is 24.8 Å². The minimum absolute atomic E-state index is 0.295. The fourth-order valence-electron chi connectivity index (χ4n) is 4.59. The third kappa shape index (κ3) is 8.06. The predicted octanol–water partition coefficient (Wildman–Crippen LogP) is 2.81. The lowest BCUT2D eigenvalue weighted by atomic mass is 9.82. The summed E-state index contributed by atoms with van der Waals surface area (Å²) in [4.78, 5) is 15.4. The zero-order chi connectivity index (χ0) is 26.7. The van der Waals surface area contributed by atoms with E-state index < -0.39 is 0 Å². The van der Waals surface area contributed by atoms with Crippen molar-refractivity contribution >= 4 is 17.5 Å². The van der Waals surface area contributed by atoms with Gasteiger partial charge in [0, 0.05) is 80.1 Å². The van der Waals surface area contributed by atoms with Gasteiger partial charge in [-0.2, -0.15) is 5.10 Å². The van der Waals surface area contributed by atoms with Crippen LogP contribution >= 0.6 is 0 Å². The molecule has 9 heteroatoms. The molecule has 1 unspecified atom stereocenters. The first-order valence-electron chi connectivity index (χ1n) is 12.5. The molecule has 2 heterocycles. The summed E-state index contributed by atoms with van der Waals surface area (Å²) in [5.41, 5.74) is 1.74. The van der Waals surface area contributed by atoms with Crippen molar-refractivity contribution in [3.8, 4) is 0 Å². The van der Waals surface area contributed by atoms with E-state index in [4.69, 9.17) is 4.74 Å². The Labute approximate surface area is 217 Å². The number of amidine groups is 1. The fraction of sp³-hybridized carbons (Fsp3) is 0.593. The summed E-state index contributed by atoms with van der Waals surface area (Å²) < 4.78 is 7.44. The second kappa shape index (κ2) is 14.0. The standard InChI is InChI=1S/C27H46N8O/c1-22(18-32(5)26(29-4)35(8)24-17-31-34(7)19-24)27(2,21-36-9)20-33(6)25(28-3)15-11-10-13-23-14-12-16-30-23/h10-11,13,15,17,19,23,30H,1,12,14,16,18,20-21H2,2-9H3/b13-10+,15-11-,28-25?,29-26?/t23?,27-/m0/s1. The summed E-state index contributed by atoms with van der Waals surface area (Å²) in [6.45, 7) is 9.68. The Morgan fingerprint density at radius 2 is 2.03 bits per heavy atom. The number of aryl methyl sites for hydroxylation is 1. The molecule has 1 N–H and O–H groups in total. The highest BCUT2D eigenvalue weighted by Crippen LogP contribution is 2.28. The van der Waals surface area contributed by atoms with Crippen molar-refractivity contribution in [1.29, 1.82) is 0 Å². The highest BCUT2D eigenvalue weighted by molar-refractivity contribution is 5.95. The van der Waals surface area contributed by atoms with Gasteiger partial charge in [0.2, 0.25) is 5.96 Å². The van der Waals surface area contributed by atoms with Crippen LogP contribution in [-0.4, -0.2) is 106 Å². The third-order valence-electron chi connectivity index (χ3n) is 6.67. The van der Waals surface area contributed by atoms with Gasteiger partial charge in [-0.05, 0) is 31.0 Å². The number of nitrogens with zero attached hydrogens (tertiary/aromatic N) is 7. The second-order valence-corrected chi connectivity index (χ2v) is 9.79. The van der Waals surface area contributed by atoms with E-state index in [1.165, 1.54) is 12.8 Å². The zero-order valence-corrected chi connectivity index (χ0v) is 23.5. The molecule has 0 bridgehead atoms. The van der Waals surface area contributed by atoms with Crippen molar-refractivity contribution in [2.45, 2.75) is 25.8 Å². The number of aromatic nitrogens is 2. The van der Waals surface area contributed by atoms with E-state index >= 15 is 0 Å². The Morgan fingerprint density at radius 3 is 2.58 bits per heavy atom. The van der Waals surface area contributed by atoms with Crippen molar-refractivity contribution < 1.29 is 4.74 Å². The number of ether oxygens (including phenoxy) is 1. The van der Waals surface area contributed by atoms with Gasteiger partial charge in [0.1, 0.15) is 5.84 Å². The summed E-state index contributed by atoms with van der Waals surface area (Å²) >= 11 is 0. The number of likely N-dealkylation sites (N-methyl/N-ethyl adjacent to an activating group) is 2. The number of methoxy groups -OCH3 is 1. The van der Waals surface area contributed by atoms with Gasteiger partial charge in [-0.25, -0.2) is 0 Å². The van der Waals surface area contributed by atoms with E-state index in [-0.39, 0.29) is 5.41 Å². The Bertz CT molecular complexity index is 957. The molecule has 0 spiro atoms. The monoisotopic (exact) mass is 498 g/mol. The van der Waals surface area contributed by atoms with Gasteiger partial charge in [-0.1, -0.05) is 31.7 Å². The number of aliphatic imine (C=N–C) groups is 2. The lowest BCUT2D eigenvalue weighted by Gasteiger charge is -2.38. The van der Waals surface area contributed by atoms with Gasteiger partial charge in [0.15, 0.2) is 0 Å². The number of nitrogens with one attached hydrogen (secondary N) is 1. The van der Waals surface area contributed by atoms with Crippen LogP contribution in [0.5, 0.6) is 0 Å². The third-order valence-corrected chi connectivity index (χ3v) is 6.67. The van der Waals surface area contributed by atoms with Crippen LogP contribution in [0.2, 0.25) is 0 Å². The molecule has 0 aliphatic carbocycles. The molecule has 1 saturated heterocycles. The number of guanidine groups is 1. The molecule has 2 rings (SSSR count). The first kappa shape index (κ1) is 29.3. The second-order valence-electron chi connectivity index (χ2n) is 9.79. The maximum absolute atomic E-state index is 5.65. The SMILES string of the molecule is C=C(CN(C)C(=NC)N(C)c1cnn(C)c1)[C@](C)(COC)CN(C)C(/C=C\C=C\C1CCCN1)=NC. The minimum atomic E-state index is -0.295. The van der Waals surface area contributed by atoms with Gasteiger partial charge in [-0.15, -0.1) is 0 Å². The lowest BCUT2D eigenvalue weighted by Crippen LogP contribution is -2.46. The van der Waals surface area contributed by atoms with Gasteiger partial charge in [0.25, 0.3) is 0 Å². The Balaban J connectivity index is 2.07. The normalized spacial score (nSPS) is 18.7. The molecule has 1 aromatic rings. The molecule has 0 amide bonds. The molecule has 9 nitrogen and oxygen atoms in total. The van der Waals surface area contributed by atoms with Crippen LogP contribution in [0.4, 0.5) is 5.69 Å². The summed E-state index contributed by atoms with van der Waals surface area (Å²) in [7, 11) is 13.4. The first-order valence-corrected chi connectivity index (χ1v) is 12.5. The van der Waals surface area contributed by atoms with E-state index in [1.807, 2.05) is 45.5 Å². The van der Waals surface area contributed by atoms with E-state index in [9.17, 15) is 0 Å². The molecule has 1 aliphatic heterocycles. The zero-order valence-electron chi connectivity index (χ0n) is 23.5. The summed E-state index contributed by atoms with van der Waals surface area (Å²) in [6, 6.07) is 0.480. The predicted molar refractivity (Wildman–Crippen MR) is 152 cm³/mol. The topological polar surface area (TPSA) is 73.5 Å². The molecule has 36 heavy (non-hydrogen) atoms. The number of anilines is 1. The molecule has 0 saturated carbocycles. The first-order chi connectivity index (χ1) is 17.1. The number of hydrogen-bond acceptors (Lipinski definition) is 5. The van der Waals surface area contributed by atoms with Crippen LogP contribution in [0.15, 0.2) is 58.8 Å². The molecule has 0 aromatic carbocycles. The van der Waals surface area contributed by atoms with Crippen LogP contribution in [0.3, 0.4) is 0 Å². The fourth-order valence-corrected chi connectivity index (χ4v) is 4.59. The Kier molecular flexibility index (Phi) is 11.4. The highest BCUT2D eigenvalue weighted by atomic mass is 16.5. The van der Waals surface area contributed by atoms with E-state index in [0.717, 1.165) is 36.1 Å². The van der Waals surface area contributed by atoms with Crippen molar-refractivity contribution in [1.82, 2.24) is 24.9 Å². The van der Waals surface area contributed by atoms with Crippen LogP contribution in [0.1, 0.15) is 19.8 Å². The van der Waals surface area contributed by atoms with Gasteiger partial charge in [-0.3, -0.25) is 14.7 Å². The number of rotatable bonds is 11. The van der Waals surface area contributed by atoms with Crippen LogP contribution in [0, 0.1) is 5.41 Å².